The van der Waals surface area contributed by atoms with Gasteiger partial charge >= 0.3 is 0 Å². The first-order valence-electron chi connectivity index (χ1n) is 5.50. The zero-order valence-electron chi connectivity index (χ0n) is 9.53. The monoisotopic (exact) mass is 242 g/mol. The number of benzene rings is 1. The average molecular weight is 243 g/mol. The summed E-state index contributed by atoms with van der Waals surface area (Å²) in [6.45, 7) is 2.24. The maximum Gasteiger partial charge on any atom is 0.119 e. The van der Waals surface area contributed by atoms with Gasteiger partial charge in [0.15, 0.2) is 0 Å². The summed E-state index contributed by atoms with van der Waals surface area (Å²) < 4.78 is 5.12. The van der Waals surface area contributed by atoms with Crippen LogP contribution in [0.4, 0.5) is 5.69 Å². The molecule has 4 heteroatoms. The summed E-state index contributed by atoms with van der Waals surface area (Å²) in [5.41, 5.74) is 1.18. The molecule has 0 bridgehead atoms. The van der Waals surface area contributed by atoms with Gasteiger partial charge in [-0.05, 0) is 50.2 Å². The van der Waals surface area contributed by atoms with E-state index in [0.29, 0.717) is 6.04 Å². The van der Waals surface area contributed by atoms with Gasteiger partial charge in [-0.15, -0.1) is 12.4 Å². The van der Waals surface area contributed by atoms with Crippen molar-refractivity contribution >= 4 is 18.1 Å². The molecule has 2 rings (SSSR count). The van der Waals surface area contributed by atoms with Crippen molar-refractivity contribution in [1.29, 1.82) is 0 Å². The second-order valence-corrected chi connectivity index (χ2v) is 3.90. The fourth-order valence-corrected chi connectivity index (χ4v) is 1.89. The lowest BCUT2D eigenvalue weighted by molar-refractivity contribution is 0.415. The summed E-state index contributed by atoms with van der Waals surface area (Å²) >= 11 is 0. The van der Waals surface area contributed by atoms with Gasteiger partial charge in [-0.1, -0.05) is 0 Å². The highest BCUT2D eigenvalue weighted by Gasteiger charge is 2.11. The fraction of sp³-hybridized carbons (Fsp3) is 0.500. The summed E-state index contributed by atoms with van der Waals surface area (Å²) in [6, 6.07) is 8.73. The zero-order valence-corrected chi connectivity index (χ0v) is 10.3. The molecule has 1 saturated heterocycles. The van der Waals surface area contributed by atoms with Crippen LogP contribution in [0.5, 0.6) is 5.75 Å². The highest BCUT2D eigenvalue weighted by Crippen LogP contribution is 2.17. The van der Waals surface area contributed by atoms with E-state index in [1.54, 1.807) is 7.11 Å². The average Bonchev–Trinajstić information content (AvgIpc) is 2.31. The molecule has 0 radical (unpaired) electrons. The largest absolute Gasteiger partial charge is 0.497 e. The molecular formula is C12H19ClN2O. The van der Waals surface area contributed by atoms with E-state index in [1.165, 1.54) is 18.5 Å². The Kier molecular flexibility index (Phi) is 5.43. The lowest BCUT2D eigenvalue weighted by atomic mass is 10.1. The Bertz CT molecular complexity index is 296. The van der Waals surface area contributed by atoms with Gasteiger partial charge in [0.25, 0.3) is 0 Å². The molecule has 1 aromatic carbocycles. The SMILES string of the molecule is COc1ccc(NC2CCNCC2)cc1.Cl. The highest BCUT2D eigenvalue weighted by molar-refractivity contribution is 5.85. The minimum Gasteiger partial charge on any atom is -0.497 e. The molecule has 2 N–H and O–H groups in total. The van der Waals surface area contributed by atoms with Crippen LogP contribution in [-0.2, 0) is 0 Å². The van der Waals surface area contributed by atoms with Crippen LogP contribution in [0.15, 0.2) is 24.3 Å². The Morgan fingerprint density at radius 1 is 1.19 bits per heavy atom. The minimum absolute atomic E-state index is 0. The summed E-state index contributed by atoms with van der Waals surface area (Å²) in [5, 5.41) is 6.90. The van der Waals surface area contributed by atoms with Gasteiger partial charge in [-0.2, -0.15) is 0 Å². The second-order valence-electron chi connectivity index (χ2n) is 3.90. The molecule has 0 aromatic heterocycles. The van der Waals surface area contributed by atoms with Crippen molar-refractivity contribution in [2.75, 3.05) is 25.5 Å². The van der Waals surface area contributed by atoms with E-state index in [4.69, 9.17) is 4.74 Å². The number of methoxy groups -OCH3 is 1. The van der Waals surface area contributed by atoms with Gasteiger partial charge < -0.3 is 15.4 Å². The second kappa shape index (κ2) is 6.61. The van der Waals surface area contributed by atoms with E-state index in [9.17, 15) is 0 Å². The summed E-state index contributed by atoms with van der Waals surface area (Å²) in [5.74, 6) is 0.908. The van der Waals surface area contributed by atoms with Crippen molar-refractivity contribution in [3.63, 3.8) is 0 Å². The Balaban J connectivity index is 0.00000128. The van der Waals surface area contributed by atoms with Crippen LogP contribution in [-0.4, -0.2) is 26.2 Å². The van der Waals surface area contributed by atoms with Gasteiger partial charge in [0.05, 0.1) is 7.11 Å². The molecule has 0 unspecified atom stereocenters. The van der Waals surface area contributed by atoms with E-state index in [1.807, 2.05) is 12.1 Å². The number of hydrogen-bond acceptors (Lipinski definition) is 3. The molecule has 1 aliphatic heterocycles. The first-order valence-corrected chi connectivity index (χ1v) is 5.50. The molecule has 16 heavy (non-hydrogen) atoms. The third kappa shape index (κ3) is 3.58. The number of piperidine rings is 1. The highest BCUT2D eigenvalue weighted by atomic mass is 35.5. The quantitative estimate of drug-likeness (QED) is 0.853. The first kappa shape index (κ1) is 13.1. The standard InChI is InChI=1S/C12H18N2O.ClH/c1-15-12-4-2-10(3-5-12)14-11-6-8-13-9-7-11;/h2-5,11,13-14H,6-9H2,1H3;1H. The Labute approximate surface area is 103 Å². The molecule has 0 spiro atoms. The predicted molar refractivity (Wildman–Crippen MR) is 69.8 cm³/mol. The lowest BCUT2D eigenvalue weighted by Gasteiger charge is -2.24. The number of rotatable bonds is 3. The van der Waals surface area contributed by atoms with Crippen LogP contribution in [0.25, 0.3) is 0 Å². The predicted octanol–water partition coefficient (Wildman–Crippen LogP) is 2.28. The van der Waals surface area contributed by atoms with E-state index in [0.717, 1.165) is 18.8 Å². The molecule has 1 heterocycles. The molecule has 1 aromatic rings. The van der Waals surface area contributed by atoms with Crippen LogP contribution in [0.3, 0.4) is 0 Å². The molecule has 0 atom stereocenters. The van der Waals surface area contributed by atoms with E-state index in [2.05, 4.69) is 22.8 Å². The number of halogens is 1. The zero-order chi connectivity index (χ0) is 10.5. The topological polar surface area (TPSA) is 33.3 Å². The van der Waals surface area contributed by atoms with E-state index in [-0.39, 0.29) is 12.4 Å². The van der Waals surface area contributed by atoms with Crippen LogP contribution < -0.4 is 15.4 Å². The first-order chi connectivity index (χ1) is 7.38. The molecular weight excluding hydrogens is 224 g/mol. The molecule has 3 nitrogen and oxygen atoms in total. The van der Waals surface area contributed by atoms with Crippen LogP contribution in [0.1, 0.15) is 12.8 Å². The Hall–Kier alpha value is -0.930. The van der Waals surface area contributed by atoms with Crippen molar-refractivity contribution in [3.05, 3.63) is 24.3 Å². The molecule has 0 aliphatic carbocycles. The summed E-state index contributed by atoms with van der Waals surface area (Å²) in [6.07, 6.45) is 2.40. The van der Waals surface area contributed by atoms with Gasteiger partial charge in [0.2, 0.25) is 0 Å². The molecule has 0 saturated carbocycles. The van der Waals surface area contributed by atoms with E-state index < -0.39 is 0 Å². The van der Waals surface area contributed by atoms with Crippen LogP contribution in [0, 0.1) is 0 Å². The van der Waals surface area contributed by atoms with Crippen molar-refractivity contribution in [3.8, 4) is 5.75 Å². The Morgan fingerprint density at radius 2 is 1.81 bits per heavy atom. The molecule has 0 amide bonds. The van der Waals surface area contributed by atoms with Crippen molar-refractivity contribution in [1.82, 2.24) is 5.32 Å². The van der Waals surface area contributed by atoms with Gasteiger partial charge in [-0.3, -0.25) is 0 Å². The van der Waals surface area contributed by atoms with Crippen LogP contribution >= 0.6 is 12.4 Å². The van der Waals surface area contributed by atoms with Crippen molar-refractivity contribution < 1.29 is 4.74 Å². The van der Waals surface area contributed by atoms with Gasteiger partial charge in [0.1, 0.15) is 5.75 Å². The van der Waals surface area contributed by atoms with Gasteiger partial charge in [-0.25, -0.2) is 0 Å². The number of hydrogen-bond donors (Lipinski definition) is 2. The smallest absolute Gasteiger partial charge is 0.119 e. The minimum atomic E-state index is 0. The third-order valence-corrected chi connectivity index (χ3v) is 2.80. The molecule has 1 aliphatic rings. The number of nitrogens with one attached hydrogen (secondary N) is 2. The summed E-state index contributed by atoms with van der Waals surface area (Å²) in [7, 11) is 1.69. The summed E-state index contributed by atoms with van der Waals surface area (Å²) in [4.78, 5) is 0. The normalized spacial score (nSPS) is 16.3. The van der Waals surface area contributed by atoms with Crippen LogP contribution in [0.2, 0.25) is 0 Å². The molecule has 90 valence electrons. The van der Waals surface area contributed by atoms with E-state index >= 15 is 0 Å². The number of anilines is 1. The maximum absolute atomic E-state index is 5.12. The van der Waals surface area contributed by atoms with Crippen molar-refractivity contribution in [2.24, 2.45) is 0 Å². The lowest BCUT2D eigenvalue weighted by Crippen LogP contribution is -2.35. The third-order valence-electron chi connectivity index (χ3n) is 2.80. The number of ether oxygens (including phenoxy) is 1. The van der Waals surface area contributed by atoms with Gasteiger partial charge in [0, 0.05) is 11.7 Å². The fourth-order valence-electron chi connectivity index (χ4n) is 1.89. The maximum atomic E-state index is 5.12. The Morgan fingerprint density at radius 3 is 2.38 bits per heavy atom. The van der Waals surface area contributed by atoms with Crippen molar-refractivity contribution in [2.45, 2.75) is 18.9 Å². The molecule has 1 fully saturated rings.